The Balaban J connectivity index is 1.65. The van der Waals surface area contributed by atoms with E-state index in [1.807, 2.05) is 55.5 Å². The molecule has 4 rings (SSSR count). The molecule has 0 radical (unpaired) electrons. The van der Waals surface area contributed by atoms with Crippen LogP contribution in [0.1, 0.15) is 24.1 Å². The number of rotatable bonds is 4. The number of oxime groups is 1. The summed E-state index contributed by atoms with van der Waals surface area (Å²) in [5, 5.41) is 9.40. The number of hydrogen-bond donors (Lipinski definition) is 0. The van der Waals surface area contributed by atoms with Crippen LogP contribution in [0.4, 0.5) is 0 Å². The summed E-state index contributed by atoms with van der Waals surface area (Å²) in [6, 6.07) is 15.1. The summed E-state index contributed by atoms with van der Waals surface area (Å²) in [6.45, 7) is 2.33. The summed E-state index contributed by atoms with van der Waals surface area (Å²) < 4.78 is 7.78. The number of aromatic nitrogens is 3. The Morgan fingerprint density at radius 1 is 1.19 bits per heavy atom. The summed E-state index contributed by atoms with van der Waals surface area (Å²) in [4.78, 5) is 9.71. The number of nitrogens with zero attached hydrogens (tertiary/aromatic N) is 4. The quantitative estimate of drug-likeness (QED) is 0.656. The largest absolute Gasteiger partial charge is 0.487 e. The van der Waals surface area contributed by atoms with Crippen LogP contribution in [0.2, 0.25) is 5.02 Å². The topological polar surface area (TPSA) is 61.5 Å². The molecule has 2 atom stereocenters. The second-order valence-electron chi connectivity index (χ2n) is 6.02. The van der Waals surface area contributed by atoms with Gasteiger partial charge >= 0.3 is 0 Å². The number of para-hydroxylation sites is 1. The van der Waals surface area contributed by atoms with Gasteiger partial charge in [-0.2, -0.15) is 5.10 Å². The van der Waals surface area contributed by atoms with Crippen molar-refractivity contribution in [1.29, 1.82) is 0 Å². The number of ether oxygens (including phenoxy) is 1. The molecule has 6 nitrogen and oxygen atoms in total. The van der Waals surface area contributed by atoms with E-state index in [0.717, 1.165) is 22.6 Å². The predicted octanol–water partition coefficient (Wildman–Crippen LogP) is 3.87. The summed E-state index contributed by atoms with van der Waals surface area (Å²) in [7, 11) is 0. The lowest BCUT2D eigenvalue weighted by atomic mass is 9.95. The van der Waals surface area contributed by atoms with E-state index in [4.69, 9.17) is 21.2 Å². The zero-order chi connectivity index (χ0) is 17.9. The monoisotopic (exact) mass is 368 g/mol. The second kappa shape index (κ2) is 7.17. The molecule has 132 valence electrons. The van der Waals surface area contributed by atoms with Crippen LogP contribution in [0.5, 0.6) is 5.75 Å². The van der Waals surface area contributed by atoms with E-state index < -0.39 is 0 Å². The van der Waals surface area contributed by atoms with Crippen molar-refractivity contribution < 1.29 is 9.57 Å². The van der Waals surface area contributed by atoms with E-state index in [0.29, 0.717) is 11.6 Å². The molecule has 2 aromatic carbocycles. The van der Waals surface area contributed by atoms with Crippen molar-refractivity contribution in [1.82, 2.24) is 14.8 Å². The molecule has 7 heteroatoms. The standard InChI is InChI=1S/C19H17ClN4O2/c1-13-19(24-12-21-11-22-24)18(16-4-2-3-5-17(16)26-13)23-25-10-14-6-8-15(20)9-7-14/h2-9,11-13,19H,10H2,1H3/b23-18+/t13-,19-/m0/s1. The third-order valence-electron chi connectivity index (χ3n) is 4.23. The van der Waals surface area contributed by atoms with E-state index in [-0.39, 0.29) is 12.1 Å². The highest BCUT2D eigenvalue weighted by Crippen LogP contribution is 2.33. The molecule has 0 fully saturated rings. The number of benzene rings is 2. The molecule has 0 aliphatic carbocycles. The maximum atomic E-state index is 6.04. The smallest absolute Gasteiger partial charge is 0.142 e. The average Bonchev–Trinajstić information content (AvgIpc) is 3.17. The average molecular weight is 369 g/mol. The molecule has 0 saturated carbocycles. The highest BCUT2D eigenvalue weighted by molar-refractivity contribution is 6.30. The highest BCUT2D eigenvalue weighted by Gasteiger charge is 2.35. The first kappa shape index (κ1) is 16.6. The molecule has 0 saturated heterocycles. The third kappa shape index (κ3) is 3.28. The molecule has 0 spiro atoms. The van der Waals surface area contributed by atoms with Gasteiger partial charge < -0.3 is 9.57 Å². The molecule has 0 N–H and O–H groups in total. The lowest BCUT2D eigenvalue weighted by Crippen LogP contribution is -2.38. The highest BCUT2D eigenvalue weighted by atomic mass is 35.5. The van der Waals surface area contributed by atoms with Gasteiger partial charge in [-0.1, -0.05) is 41.0 Å². The molecule has 3 aromatic rings. The van der Waals surface area contributed by atoms with Gasteiger partial charge in [-0.25, -0.2) is 9.67 Å². The van der Waals surface area contributed by atoms with Crippen LogP contribution >= 0.6 is 11.6 Å². The Morgan fingerprint density at radius 3 is 2.77 bits per heavy atom. The molecular weight excluding hydrogens is 352 g/mol. The van der Waals surface area contributed by atoms with Crippen molar-refractivity contribution >= 4 is 17.3 Å². The van der Waals surface area contributed by atoms with Crippen LogP contribution in [-0.2, 0) is 11.4 Å². The molecule has 0 amide bonds. The molecular formula is C19H17ClN4O2. The fourth-order valence-electron chi connectivity index (χ4n) is 2.99. The molecule has 1 aliphatic heterocycles. The lowest BCUT2D eigenvalue weighted by molar-refractivity contribution is 0.120. The van der Waals surface area contributed by atoms with Crippen LogP contribution in [0.15, 0.2) is 66.3 Å². The zero-order valence-electron chi connectivity index (χ0n) is 14.1. The van der Waals surface area contributed by atoms with Crippen LogP contribution in [0.25, 0.3) is 0 Å². The van der Waals surface area contributed by atoms with Crippen molar-refractivity contribution in [2.45, 2.75) is 25.7 Å². The van der Waals surface area contributed by atoms with Crippen molar-refractivity contribution in [2.75, 3.05) is 0 Å². The molecule has 0 unspecified atom stereocenters. The maximum Gasteiger partial charge on any atom is 0.142 e. The van der Waals surface area contributed by atoms with Crippen molar-refractivity contribution in [3.8, 4) is 5.75 Å². The zero-order valence-corrected chi connectivity index (χ0v) is 14.9. The predicted molar refractivity (Wildman–Crippen MR) is 98.4 cm³/mol. The fourth-order valence-corrected chi connectivity index (χ4v) is 3.11. The first-order valence-corrected chi connectivity index (χ1v) is 8.64. The van der Waals surface area contributed by atoms with E-state index in [2.05, 4.69) is 15.2 Å². The normalized spacial score (nSPS) is 20.5. The van der Waals surface area contributed by atoms with Crippen LogP contribution < -0.4 is 4.74 Å². The molecule has 1 aliphatic rings. The Labute approximate surface area is 156 Å². The Morgan fingerprint density at radius 2 is 2.00 bits per heavy atom. The first-order valence-electron chi connectivity index (χ1n) is 8.27. The van der Waals surface area contributed by atoms with Crippen molar-refractivity contribution in [2.24, 2.45) is 5.16 Å². The fraction of sp³-hybridized carbons (Fsp3) is 0.211. The molecule has 26 heavy (non-hydrogen) atoms. The van der Waals surface area contributed by atoms with E-state index in [9.17, 15) is 0 Å². The molecule has 2 heterocycles. The number of halogens is 1. The van der Waals surface area contributed by atoms with Gasteiger partial charge in [-0.15, -0.1) is 0 Å². The Bertz CT molecular complexity index is 910. The summed E-state index contributed by atoms with van der Waals surface area (Å²) >= 11 is 5.92. The minimum absolute atomic E-state index is 0.163. The molecule has 0 bridgehead atoms. The van der Waals surface area contributed by atoms with Crippen molar-refractivity contribution in [3.63, 3.8) is 0 Å². The Kier molecular flexibility index (Phi) is 4.58. The SMILES string of the molecule is C[C@@H]1Oc2ccccc2/C(=N\OCc2ccc(Cl)cc2)[C@H]1n1cncn1. The van der Waals surface area contributed by atoms with Gasteiger partial charge in [0.05, 0.1) is 0 Å². The van der Waals surface area contributed by atoms with Gasteiger partial charge in [0.2, 0.25) is 0 Å². The van der Waals surface area contributed by atoms with Gasteiger partial charge in [0, 0.05) is 10.6 Å². The summed E-state index contributed by atoms with van der Waals surface area (Å²) in [5.74, 6) is 0.783. The van der Waals surface area contributed by atoms with Gasteiger partial charge in [-0.05, 0) is 36.8 Å². The van der Waals surface area contributed by atoms with Crippen molar-refractivity contribution in [3.05, 3.63) is 77.3 Å². The molecule has 1 aromatic heterocycles. The lowest BCUT2D eigenvalue weighted by Gasteiger charge is -2.32. The van der Waals surface area contributed by atoms with Gasteiger partial charge in [0.15, 0.2) is 0 Å². The number of fused-ring (bicyclic) bond motifs is 1. The van der Waals surface area contributed by atoms with Gasteiger partial charge in [0.25, 0.3) is 0 Å². The van der Waals surface area contributed by atoms with E-state index in [1.54, 1.807) is 11.0 Å². The van der Waals surface area contributed by atoms with Gasteiger partial charge in [-0.3, -0.25) is 0 Å². The van der Waals surface area contributed by atoms with Gasteiger partial charge in [0.1, 0.15) is 42.9 Å². The summed E-state index contributed by atoms with van der Waals surface area (Å²) in [5.41, 5.74) is 2.64. The third-order valence-corrected chi connectivity index (χ3v) is 4.48. The minimum Gasteiger partial charge on any atom is -0.487 e. The first-order chi connectivity index (χ1) is 12.7. The summed E-state index contributed by atoms with van der Waals surface area (Å²) in [6.07, 6.45) is 3.00. The second-order valence-corrected chi connectivity index (χ2v) is 6.45. The maximum absolute atomic E-state index is 6.04. The number of hydrogen-bond acceptors (Lipinski definition) is 5. The van der Waals surface area contributed by atoms with Crippen LogP contribution in [0.3, 0.4) is 0 Å². The van der Waals surface area contributed by atoms with E-state index >= 15 is 0 Å². The Hall–Kier alpha value is -2.86. The van der Waals surface area contributed by atoms with Crippen LogP contribution in [0, 0.1) is 0 Å². The minimum atomic E-state index is -0.224. The van der Waals surface area contributed by atoms with Crippen LogP contribution in [-0.4, -0.2) is 26.6 Å². The van der Waals surface area contributed by atoms with E-state index in [1.165, 1.54) is 6.33 Å².